The van der Waals surface area contributed by atoms with E-state index >= 15 is 0 Å². The van der Waals surface area contributed by atoms with Crippen molar-refractivity contribution >= 4 is 44.1 Å². The number of sulfonamides is 1. The zero-order valence-electron chi connectivity index (χ0n) is 14.7. The Labute approximate surface area is 163 Å². The van der Waals surface area contributed by atoms with Crippen molar-refractivity contribution in [3.05, 3.63) is 34.7 Å². The number of hydrogen-bond donors (Lipinski definition) is 2. The predicted octanol–water partition coefficient (Wildman–Crippen LogP) is 0.647. The molecule has 2 heterocycles. The number of carbonyl (C=O) groups is 3. The first-order chi connectivity index (χ1) is 13.2. The number of amides is 3. The maximum atomic E-state index is 12.7. The van der Waals surface area contributed by atoms with Crippen LogP contribution in [0.15, 0.2) is 28.5 Å². The first kappa shape index (κ1) is 19.6. The number of nitrogens with zero attached hydrogens (tertiary/aromatic N) is 1. The van der Waals surface area contributed by atoms with Crippen LogP contribution in [0.3, 0.4) is 0 Å². The maximum absolute atomic E-state index is 12.7. The topological polar surface area (TPSA) is 145 Å². The number of ether oxygens (including phenoxy) is 2. The lowest BCUT2D eigenvalue weighted by Crippen LogP contribution is -2.37. The largest absolute Gasteiger partial charge is 0.493 e. The van der Waals surface area contributed by atoms with Crippen LogP contribution in [0.4, 0.5) is 5.00 Å². The summed E-state index contributed by atoms with van der Waals surface area (Å²) in [5.74, 6) is -2.09. The van der Waals surface area contributed by atoms with Crippen molar-refractivity contribution in [3.8, 4) is 11.5 Å². The van der Waals surface area contributed by atoms with Crippen LogP contribution in [0.1, 0.15) is 20.7 Å². The van der Waals surface area contributed by atoms with E-state index in [-0.39, 0.29) is 32.5 Å². The SMILES string of the molecule is COc1cc2c(cc1OC)S(=O)(=O)N(CC(=O)Nc1sccc1C(N)=O)C2=O. The molecule has 1 aromatic heterocycles. The van der Waals surface area contributed by atoms with Crippen LogP contribution in [0, 0.1) is 0 Å². The quantitative estimate of drug-likeness (QED) is 0.691. The molecular weight excluding hydrogens is 410 g/mol. The maximum Gasteiger partial charge on any atom is 0.269 e. The summed E-state index contributed by atoms with van der Waals surface area (Å²) in [6, 6.07) is 3.84. The van der Waals surface area contributed by atoms with Crippen molar-refractivity contribution < 1.29 is 32.3 Å². The number of rotatable bonds is 6. The monoisotopic (exact) mass is 425 g/mol. The van der Waals surface area contributed by atoms with Gasteiger partial charge in [-0.3, -0.25) is 14.4 Å². The van der Waals surface area contributed by atoms with Crippen molar-refractivity contribution in [1.29, 1.82) is 0 Å². The van der Waals surface area contributed by atoms with E-state index in [1.165, 1.54) is 32.4 Å². The Balaban J connectivity index is 1.89. The van der Waals surface area contributed by atoms with E-state index in [9.17, 15) is 22.8 Å². The summed E-state index contributed by atoms with van der Waals surface area (Å²) in [6.45, 7) is -0.767. The predicted molar refractivity (Wildman–Crippen MR) is 99.2 cm³/mol. The highest BCUT2D eigenvalue weighted by atomic mass is 32.2. The Bertz CT molecular complexity index is 1090. The second-order valence-corrected chi connectivity index (χ2v) is 8.34. The normalized spacial score (nSPS) is 14.5. The Morgan fingerprint density at radius 2 is 1.86 bits per heavy atom. The standard InChI is InChI=1S/C16H15N3O7S2/c1-25-10-5-9-12(6-11(10)26-2)28(23,24)19(16(9)22)7-13(20)18-15-8(14(17)21)3-4-27-15/h3-6H,7H2,1-2H3,(H2,17,21)(H,18,20). The Morgan fingerprint density at radius 3 is 2.46 bits per heavy atom. The van der Waals surface area contributed by atoms with Gasteiger partial charge in [0, 0.05) is 6.07 Å². The number of anilines is 1. The van der Waals surface area contributed by atoms with E-state index in [4.69, 9.17) is 15.2 Å². The molecule has 3 amide bonds. The number of methoxy groups -OCH3 is 2. The Hall–Kier alpha value is -3.12. The van der Waals surface area contributed by atoms with Gasteiger partial charge in [0.1, 0.15) is 16.4 Å². The van der Waals surface area contributed by atoms with E-state index in [1.54, 1.807) is 5.38 Å². The molecule has 0 unspecified atom stereocenters. The van der Waals surface area contributed by atoms with Gasteiger partial charge in [0.15, 0.2) is 11.5 Å². The van der Waals surface area contributed by atoms with E-state index in [1.807, 2.05) is 0 Å². The minimum Gasteiger partial charge on any atom is -0.493 e. The molecule has 1 aliphatic rings. The molecule has 3 N–H and O–H groups in total. The molecule has 3 rings (SSSR count). The van der Waals surface area contributed by atoms with Crippen LogP contribution in [0.25, 0.3) is 0 Å². The van der Waals surface area contributed by atoms with Crippen LogP contribution in [0.5, 0.6) is 11.5 Å². The smallest absolute Gasteiger partial charge is 0.269 e. The third kappa shape index (κ3) is 3.16. The van der Waals surface area contributed by atoms with Gasteiger partial charge >= 0.3 is 0 Å². The van der Waals surface area contributed by atoms with Crippen LogP contribution in [-0.2, 0) is 14.8 Å². The number of nitrogens with one attached hydrogen (secondary N) is 1. The molecule has 0 radical (unpaired) electrons. The molecule has 1 aromatic carbocycles. The van der Waals surface area contributed by atoms with E-state index in [0.717, 1.165) is 11.3 Å². The second-order valence-electron chi connectivity index (χ2n) is 5.60. The highest BCUT2D eigenvalue weighted by molar-refractivity contribution is 7.90. The van der Waals surface area contributed by atoms with E-state index < -0.39 is 34.3 Å². The first-order valence-electron chi connectivity index (χ1n) is 7.71. The molecule has 0 aliphatic carbocycles. The van der Waals surface area contributed by atoms with Gasteiger partial charge in [-0.1, -0.05) is 0 Å². The zero-order valence-corrected chi connectivity index (χ0v) is 16.3. The van der Waals surface area contributed by atoms with Gasteiger partial charge in [0.05, 0.1) is 25.3 Å². The molecule has 0 saturated carbocycles. The van der Waals surface area contributed by atoms with Gasteiger partial charge in [0.2, 0.25) is 5.91 Å². The molecule has 148 valence electrons. The van der Waals surface area contributed by atoms with Crippen molar-refractivity contribution in [1.82, 2.24) is 4.31 Å². The average Bonchev–Trinajstić information content (AvgIpc) is 3.18. The summed E-state index contributed by atoms with van der Waals surface area (Å²) in [6.07, 6.45) is 0. The van der Waals surface area contributed by atoms with E-state index in [0.29, 0.717) is 4.31 Å². The summed E-state index contributed by atoms with van der Waals surface area (Å²) in [4.78, 5) is 35.9. The fraction of sp³-hybridized carbons (Fsp3) is 0.188. The second kappa shape index (κ2) is 7.13. The summed E-state index contributed by atoms with van der Waals surface area (Å²) in [5, 5.41) is 4.11. The molecule has 0 fully saturated rings. The lowest BCUT2D eigenvalue weighted by atomic mass is 10.2. The Kier molecular flexibility index (Phi) is 5.00. The number of carbonyl (C=O) groups excluding carboxylic acids is 3. The Morgan fingerprint density at radius 1 is 1.21 bits per heavy atom. The van der Waals surface area contributed by atoms with Crippen molar-refractivity contribution in [2.45, 2.75) is 4.90 Å². The third-order valence-electron chi connectivity index (χ3n) is 3.98. The van der Waals surface area contributed by atoms with Crippen LogP contribution < -0.4 is 20.5 Å². The molecule has 2 aromatic rings. The zero-order chi connectivity index (χ0) is 20.6. The molecule has 28 heavy (non-hydrogen) atoms. The van der Waals surface area contributed by atoms with Crippen LogP contribution in [-0.4, -0.2) is 51.2 Å². The van der Waals surface area contributed by atoms with Crippen molar-refractivity contribution in [2.75, 3.05) is 26.1 Å². The van der Waals surface area contributed by atoms with Crippen molar-refractivity contribution in [3.63, 3.8) is 0 Å². The molecule has 1 aliphatic heterocycles. The number of benzene rings is 1. The van der Waals surface area contributed by atoms with E-state index in [2.05, 4.69) is 5.32 Å². The lowest BCUT2D eigenvalue weighted by Gasteiger charge is -2.14. The number of nitrogens with two attached hydrogens (primary N) is 1. The number of hydrogen-bond acceptors (Lipinski definition) is 8. The van der Waals surface area contributed by atoms with Crippen molar-refractivity contribution in [2.24, 2.45) is 5.73 Å². The summed E-state index contributed by atoms with van der Waals surface area (Å²) in [7, 11) is -1.58. The summed E-state index contributed by atoms with van der Waals surface area (Å²) < 4.78 is 36.1. The fourth-order valence-corrected chi connectivity index (χ4v) is 4.99. The van der Waals surface area contributed by atoms with Gasteiger partial charge in [-0.05, 0) is 17.5 Å². The molecular formula is C16H15N3O7S2. The van der Waals surface area contributed by atoms with Crippen LogP contribution >= 0.6 is 11.3 Å². The minimum absolute atomic E-state index is 0.0896. The summed E-state index contributed by atoms with van der Waals surface area (Å²) in [5.41, 5.74) is 5.17. The molecule has 0 spiro atoms. The van der Waals surface area contributed by atoms with Gasteiger partial charge in [-0.25, -0.2) is 12.7 Å². The lowest BCUT2D eigenvalue weighted by molar-refractivity contribution is -0.116. The molecule has 12 heteroatoms. The van der Waals surface area contributed by atoms with Crippen LogP contribution in [0.2, 0.25) is 0 Å². The number of primary amides is 1. The molecule has 0 bridgehead atoms. The first-order valence-corrected chi connectivity index (χ1v) is 10.0. The van der Waals surface area contributed by atoms with Gasteiger partial charge < -0.3 is 20.5 Å². The molecule has 0 saturated heterocycles. The highest BCUT2D eigenvalue weighted by Crippen LogP contribution is 2.38. The third-order valence-corrected chi connectivity index (χ3v) is 6.58. The number of fused-ring (bicyclic) bond motifs is 1. The fourth-order valence-electron chi connectivity index (χ4n) is 2.66. The number of thiophene rings is 1. The molecule has 10 nitrogen and oxygen atoms in total. The summed E-state index contributed by atoms with van der Waals surface area (Å²) >= 11 is 1.04. The minimum atomic E-state index is -4.25. The van der Waals surface area contributed by atoms with Gasteiger partial charge in [-0.2, -0.15) is 0 Å². The van der Waals surface area contributed by atoms with Gasteiger partial charge in [-0.15, -0.1) is 11.3 Å². The highest BCUT2D eigenvalue weighted by Gasteiger charge is 2.43. The average molecular weight is 425 g/mol. The van der Waals surface area contributed by atoms with Gasteiger partial charge in [0.25, 0.3) is 21.8 Å². The molecule has 0 atom stereocenters.